The Kier molecular flexibility index (Phi) is 7.92. The van der Waals surface area contributed by atoms with Crippen molar-refractivity contribution in [3.8, 4) is 0 Å². The van der Waals surface area contributed by atoms with Crippen molar-refractivity contribution in [3.63, 3.8) is 0 Å². The minimum absolute atomic E-state index is 0.489. The maximum absolute atomic E-state index is 5.71. The molecule has 0 aromatic rings. The molecule has 2 heteroatoms. The second-order valence-electron chi connectivity index (χ2n) is 6.26. The van der Waals surface area contributed by atoms with Gasteiger partial charge in [0, 0.05) is 13.2 Å². The molecule has 18 heavy (non-hydrogen) atoms. The third kappa shape index (κ3) is 6.19. The van der Waals surface area contributed by atoms with Gasteiger partial charge < -0.3 is 10.1 Å². The van der Waals surface area contributed by atoms with Crippen LogP contribution >= 0.6 is 0 Å². The first-order chi connectivity index (χ1) is 8.70. The number of hydrogen-bond acceptors (Lipinski definition) is 2. The first kappa shape index (κ1) is 16.0. The summed E-state index contributed by atoms with van der Waals surface area (Å²) in [5, 5.41) is 3.61. The van der Waals surface area contributed by atoms with Crippen molar-refractivity contribution in [1.29, 1.82) is 0 Å². The molecule has 0 bridgehead atoms. The lowest BCUT2D eigenvalue weighted by Gasteiger charge is -2.30. The molecular weight excluding hydrogens is 222 g/mol. The Morgan fingerprint density at radius 3 is 2.67 bits per heavy atom. The van der Waals surface area contributed by atoms with E-state index >= 15 is 0 Å². The summed E-state index contributed by atoms with van der Waals surface area (Å²) in [7, 11) is 0. The molecule has 0 aliphatic carbocycles. The van der Waals surface area contributed by atoms with E-state index in [1.165, 1.54) is 57.9 Å². The van der Waals surface area contributed by atoms with Gasteiger partial charge in [0.15, 0.2) is 0 Å². The summed E-state index contributed by atoms with van der Waals surface area (Å²) in [5.74, 6) is 0. The standard InChI is InChI=1S/C16H33NO/c1-4-10-16(3,14-17-12-5-2)11-6-8-15-9-7-13-18-15/h15,17H,4-14H2,1-3H3. The molecule has 1 aliphatic heterocycles. The maximum Gasteiger partial charge on any atom is 0.0576 e. The summed E-state index contributed by atoms with van der Waals surface area (Å²) in [6, 6.07) is 0. The molecule has 0 aromatic carbocycles. The molecule has 1 heterocycles. The van der Waals surface area contributed by atoms with E-state index in [-0.39, 0.29) is 0 Å². The van der Waals surface area contributed by atoms with Gasteiger partial charge in [-0.05, 0) is 50.5 Å². The smallest absolute Gasteiger partial charge is 0.0576 e. The summed E-state index contributed by atoms with van der Waals surface area (Å²) in [6.07, 6.45) is 10.9. The van der Waals surface area contributed by atoms with Crippen molar-refractivity contribution in [1.82, 2.24) is 5.32 Å². The Labute approximate surface area is 114 Å². The molecule has 1 fully saturated rings. The summed E-state index contributed by atoms with van der Waals surface area (Å²) >= 11 is 0. The topological polar surface area (TPSA) is 21.3 Å². The zero-order valence-electron chi connectivity index (χ0n) is 12.8. The minimum Gasteiger partial charge on any atom is -0.378 e. The van der Waals surface area contributed by atoms with Crippen LogP contribution in [-0.4, -0.2) is 25.8 Å². The Bertz CT molecular complexity index is 201. The van der Waals surface area contributed by atoms with Crippen LogP contribution in [0, 0.1) is 5.41 Å². The lowest BCUT2D eigenvalue weighted by Crippen LogP contribution is -2.32. The molecular formula is C16H33NO. The molecule has 0 aromatic heterocycles. The highest BCUT2D eigenvalue weighted by molar-refractivity contribution is 4.77. The van der Waals surface area contributed by atoms with E-state index in [2.05, 4.69) is 26.1 Å². The summed E-state index contributed by atoms with van der Waals surface area (Å²) < 4.78 is 5.71. The van der Waals surface area contributed by atoms with E-state index in [0.29, 0.717) is 11.5 Å². The lowest BCUT2D eigenvalue weighted by atomic mass is 9.80. The van der Waals surface area contributed by atoms with Crippen LogP contribution in [-0.2, 0) is 4.74 Å². The van der Waals surface area contributed by atoms with E-state index in [9.17, 15) is 0 Å². The van der Waals surface area contributed by atoms with Crippen LogP contribution in [0.1, 0.15) is 72.1 Å². The van der Waals surface area contributed by atoms with Gasteiger partial charge in [-0.15, -0.1) is 0 Å². The second-order valence-corrected chi connectivity index (χ2v) is 6.26. The van der Waals surface area contributed by atoms with Crippen LogP contribution in [0.5, 0.6) is 0 Å². The van der Waals surface area contributed by atoms with Gasteiger partial charge in [0.1, 0.15) is 0 Å². The third-order valence-electron chi connectivity index (χ3n) is 4.16. The zero-order valence-corrected chi connectivity index (χ0v) is 12.8. The Balaban J connectivity index is 2.21. The van der Waals surface area contributed by atoms with Gasteiger partial charge in [0.05, 0.1) is 6.10 Å². The molecule has 1 aliphatic rings. The van der Waals surface area contributed by atoms with Crippen molar-refractivity contribution in [2.24, 2.45) is 5.41 Å². The third-order valence-corrected chi connectivity index (χ3v) is 4.16. The predicted octanol–water partition coefficient (Wildman–Crippen LogP) is 4.14. The summed E-state index contributed by atoms with van der Waals surface area (Å²) in [5.41, 5.74) is 0.489. The average Bonchev–Trinajstić information content (AvgIpc) is 2.83. The number of nitrogens with one attached hydrogen (secondary N) is 1. The SMILES string of the molecule is CCCNCC(C)(CCC)CCCC1CCCO1. The molecule has 108 valence electrons. The number of ether oxygens (including phenoxy) is 1. The number of hydrogen-bond donors (Lipinski definition) is 1. The monoisotopic (exact) mass is 255 g/mol. The van der Waals surface area contributed by atoms with Crippen molar-refractivity contribution in [2.75, 3.05) is 19.7 Å². The first-order valence-electron chi connectivity index (χ1n) is 8.02. The van der Waals surface area contributed by atoms with Crippen molar-refractivity contribution >= 4 is 0 Å². The van der Waals surface area contributed by atoms with E-state index in [0.717, 1.165) is 13.2 Å². The van der Waals surface area contributed by atoms with Gasteiger partial charge in [0.25, 0.3) is 0 Å². The molecule has 0 radical (unpaired) electrons. The maximum atomic E-state index is 5.71. The molecule has 2 unspecified atom stereocenters. The average molecular weight is 255 g/mol. The quantitative estimate of drug-likeness (QED) is 0.592. The predicted molar refractivity (Wildman–Crippen MR) is 79.0 cm³/mol. The Hall–Kier alpha value is -0.0800. The lowest BCUT2D eigenvalue weighted by molar-refractivity contribution is 0.0973. The fourth-order valence-electron chi connectivity index (χ4n) is 3.10. The molecule has 0 spiro atoms. The molecule has 2 atom stereocenters. The van der Waals surface area contributed by atoms with Gasteiger partial charge in [-0.3, -0.25) is 0 Å². The van der Waals surface area contributed by atoms with Crippen LogP contribution in [0.2, 0.25) is 0 Å². The normalized spacial score (nSPS) is 23.2. The zero-order chi connectivity index (χ0) is 13.3. The molecule has 1 saturated heterocycles. The van der Waals surface area contributed by atoms with E-state index < -0.39 is 0 Å². The van der Waals surface area contributed by atoms with E-state index in [1.54, 1.807) is 0 Å². The fourth-order valence-corrected chi connectivity index (χ4v) is 3.10. The molecule has 0 saturated carbocycles. The van der Waals surface area contributed by atoms with Gasteiger partial charge in [-0.1, -0.05) is 33.6 Å². The fraction of sp³-hybridized carbons (Fsp3) is 1.00. The summed E-state index contributed by atoms with van der Waals surface area (Å²) in [4.78, 5) is 0. The summed E-state index contributed by atoms with van der Waals surface area (Å²) in [6.45, 7) is 10.3. The number of rotatable bonds is 10. The van der Waals surface area contributed by atoms with Gasteiger partial charge in [0.2, 0.25) is 0 Å². The second kappa shape index (κ2) is 8.92. The van der Waals surface area contributed by atoms with E-state index in [1.807, 2.05) is 0 Å². The molecule has 0 amide bonds. The van der Waals surface area contributed by atoms with E-state index in [4.69, 9.17) is 4.74 Å². The highest BCUT2D eigenvalue weighted by Gasteiger charge is 2.23. The van der Waals surface area contributed by atoms with Gasteiger partial charge in [-0.2, -0.15) is 0 Å². The van der Waals surface area contributed by atoms with Crippen LogP contribution in [0.15, 0.2) is 0 Å². The van der Waals surface area contributed by atoms with Crippen molar-refractivity contribution in [3.05, 3.63) is 0 Å². The Morgan fingerprint density at radius 2 is 2.06 bits per heavy atom. The molecule has 1 N–H and O–H groups in total. The van der Waals surface area contributed by atoms with Crippen molar-refractivity contribution in [2.45, 2.75) is 78.2 Å². The van der Waals surface area contributed by atoms with Crippen molar-refractivity contribution < 1.29 is 4.74 Å². The Morgan fingerprint density at radius 1 is 1.22 bits per heavy atom. The van der Waals surface area contributed by atoms with Crippen LogP contribution in [0.3, 0.4) is 0 Å². The largest absolute Gasteiger partial charge is 0.378 e. The van der Waals surface area contributed by atoms with Crippen LogP contribution < -0.4 is 5.32 Å². The molecule has 1 rings (SSSR count). The van der Waals surface area contributed by atoms with Crippen LogP contribution in [0.4, 0.5) is 0 Å². The van der Waals surface area contributed by atoms with Gasteiger partial charge >= 0.3 is 0 Å². The highest BCUT2D eigenvalue weighted by atomic mass is 16.5. The van der Waals surface area contributed by atoms with Gasteiger partial charge in [-0.25, -0.2) is 0 Å². The first-order valence-corrected chi connectivity index (χ1v) is 8.02. The highest BCUT2D eigenvalue weighted by Crippen LogP contribution is 2.30. The van der Waals surface area contributed by atoms with Crippen LogP contribution in [0.25, 0.3) is 0 Å². The molecule has 2 nitrogen and oxygen atoms in total. The minimum atomic E-state index is 0.489.